The van der Waals surface area contributed by atoms with Crippen LogP contribution < -0.4 is 4.74 Å². The van der Waals surface area contributed by atoms with Crippen LogP contribution in [0.25, 0.3) is 0 Å². The van der Waals surface area contributed by atoms with Crippen molar-refractivity contribution >= 4 is 15.9 Å². The van der Waals surface area contributed by atoms with Crippen molar-refractivity contribution in [1.82, 2.24) is 0 Å². The van der Waals surface area contributed by atoms with Crippen LogP contribution in [0.1, 0.15) is 44.9 Å². The molecule has 2 atom stereocenters. The van der Waals surface area contributed by atoms with E-state index in [2.05, 4.69) is 15.9 Å². The Labute approximate surface area is 122 Å². The Kier molecular flexibility index (Phi) is 3.84. The Bertz CT molecular complexity index is 440. The Balaban J connectivity index is 1.76. The van der Waals surface area contributed by atoms with Crippen molar-refractivity contribution in [2.24, 2.45) is 5.41 Å². The summed E-state index contributed by atoms with van der Waals surface area (Å²) in [5.41, 5.74) is 0.235. The van der Waals surface area contributed by atoms with Crippen molar-refractivity contribution in [3.63, 3.8) is 0 Å². The molecule has 1 spiro atoms. The molecule has 0 amide bonds. The molecular weight excluding hydrogens is 307 g/mol. The van der Waals surface area contributed by atoms with Crippen LogP contribution in [0.2, 0.25) is 0 Å². The van der Waals surface area contributed by atoms with Gasteiger partial charge in [-0.2, -0.15) is 0 Å². The first-order valence-electron chi connectivity index (χ1n) is 7.28. The number of halogens is 2. The number of hydrogen-bond acceptors (Lipinski definition) is 1. The molecule has 0 heterocycles. The van der Waals surface area contributed by atoms with Gasteiger partial charge < -0.3 is 4.74 Å². The number of hydrogen-bond donors (Lipinski definition) is 0. The maximum Gasteiger partial charge on any atom is 0.165 e. The van der Waals surface area contributed by atoms with E-state index in [0.717, 1.165) is 6.42 Å². The first kappa shape index (κ1) is 13.4. The summed E-state index contributed by atoms with van der Waals surface area (Å²) < 4.78 is 19.7. The normalized spacial score (nSPS) is 29.6. The zero-order chi connectivity index (χ0) is 13.3. The molecule has 2 aliphatic rings. The largest absolute Gasteiger partial charge is 0.487 e. The molecule has 2 unspecified atom stereocenters. The molecule has 3 rings (SSSR count). The summed E-state index contributed by atoms with van der Waals surface area (Å²) in [6.07, 6.45) is 8.80. The van der Waals surface area contributed by atoms with Gasteiger partial charge in [-0.3, -0.25) is 0 Å². The summed E-state index contributed by atoms with van der Waals surface area (Å²) in [7, 11) is 0. The highest BCUT2D eigenvalue weighted by atomic mass is 79.9. The molecule has 1 aromatic rings. The van der Waals surface area contributed by atoms with Crippen LogP contribution >= 0.6 is 15.9 Å². The van der Waals surface area contributed by atoms with Gasteiger partial charge in [0.25, 0.3) is 0 Å². The lowest BCUT2D eigenvalue weighted by molar-refractivity contribution is -0.0479. The molecule has 3 heteroatoms. The van der Waals surface area contributed by atoms with E-state index in [-0.39, 0.29) is 17.3 Å². The van der Waals surface area contributed by atoms with Crippen molar-refractivity contribution < 1.29 is 9.13 Å². The Morgan fingerprint density at radius 3 is 2.42 bits per heavy atom. The average Bonchev–Trinajstić information content (AvgIpc) is 2.68. The maximum absolute atomic E-state index is 13.7. The Morgan fingerprint density at radius 1 is 1.11 bits per heavy atom. The molecule has 2 aliphatic carbocycles. The highest BCUT2D eigenvalue weighted by molar-refractivity contribution is 9.09. The minimum atomic E-state index is -0.246. The molecular formula is C16H20BrFO. The summed E-state index contributed by atoms with van der Waals surface area (Å²) in [5.74, 6) is 0.166. The third-order valence-electron chi connectivity index (χ3n) is 4.83. The molecule has 0 aromatic heterocycles. The summed E-state index contributed by atoms with van der Waals surface area (Å²) in [5, 5.41) is 0. The van der Waals surface area contributed by atoms with Gasteiger partial charge in [-0.1, -0.05) is 53.7 Å². The van der Waals surface area contributed by atoms with Crippen LogP contribution in [0, 0.1) is 11.2 Å². The molecule has 0 radical (unpaired) electrons. The van der Waals surface area contributed by atoms with Gasteiger partial charge in [-0.15, -0.1) is 0 Å². The van der Waals surface area contributed by atoms with E-state index in [1.807, 2.05) is 6.07 Å². The highest BCUT2D eigenvalue weighted by Crippen LogP contribution is 2.55. The molecule has 0 N–H and O–H groups in total. The quantitative estimate of drug-likeness (QED) is 0.688. The van der Waals surface area contributed by atoms with Gasteiger partial charge in [0.2, 0.25) is 0 Å². The van der Waals surface area contributed by atoms with Gasteiger partial charge in [-0.25, -0.2) is 4.39 Å². The third-order valence-corrected chi connectivity index (χ3v) is 6.11. The van der Waals surface area contributed by atoms with Gasteiger partial charge in [0.1, 0.15) is 6.10 Å². The first-order chi connectivity index (χ1) is 9.22. The summed E-state index contributed by atoms with van der Waals surface area (Å²) in [4.78, 5) is 0.537. The number of ether oxygens (including phenoxy) is 1. The molecule has 0 bridgehead atoms. The van der Waals surface area contributed by atoms with Crippen LogP contribution in [-0.2, 0) is 0 Å². The first-order valence-corrected chi connectivity index (χ1v) is 8.19. The van der Waals surface area contributed by atoms with Crippen LogP contribution in [0.5, 0.6) is 5.75 Å². The second kappa shape index (κ2) is 5.43. The summed E-state index contributed by atoms with van der Waals surface area (Å²) in [6.45, 7) is 0. The zero-order valence-corrected chi connectivity index (χ0v) is 12.7. The second-order valence-electron chi connectivity index (χ2n) is 5.89. The molecule has 2 fully saturated rings. The molecule has 19 heavy (non-hydrogen) atoms. The summed E-state index contributed by atoms with van der Waals surface area (Å²) in [6, 6.07) is 6.75. The minimum Gasteiger partial charge on any atom is -0.487 e. The van der Waals surface area contributed by atoms with E-state index in [1.165, 1.54) is 44.6 Å². The topological polar surface area (TPSA) is 9.23 Å². The maximum atomic E-state index is 13.7. The van der Waals surface area contributed by atoms with E-state index in [4.69, 9.17) is 4.74 Å². The predicted octanol–water partition coefficient (Wildman–Crippen LogP) is 5.08. The van der Waals surface area contributed by atoms with Gasteiger partial charge in [0.05, 0.1) is 0 Å². The van der Waals surface area contributed by atoms with E-state index in [9.17, 15) is 4.39 Å². The van der Waals surface area contributed by atoms with Gasteiger partial charge in [-0.05, 0) is 31.4 Å². The van der Waals surface area contributed by atoms with Crippen LogP contribution in [0.4, 0.5) is 4.39 Å². The number of benzene rings is 1. The standard InChI is InChI=1S/C16H20BrFO/c17-14-11-15(16(14)9-5-1-2-6-10-16)19-13-8-4-3-7-12(13)18/h3-4,7-8,14-15H,1-2,5-6,9-11H2. The lowest BCUT2D eigenvalue weighted by atomic mass is 9.61. The molecule has 1 nitrogen and oxygen atoms in total. The average molecular weight is 327 g/mol. The van der Waals surface area contributed by atoms with Crippen LogP contribution in [0.3, 0.4) is 0 Å². The van der Waals surface area contributed by atoms with Crippen LogP contribution in [-0.4, -0.2) is 10.9 Å². The van der Waals surface area contributed by atoms with E-state index >= 15 is 0 Å². The van der Waals surface area contributed by atoms with Crippen molar-refractivity contribution in [1.29, 1.82) is 0 Å². The minimum absolute atomic E-state index is 0.173. The fraction of sp³-hybridized carbons (Fsp3) is 0.625. The molecule has 2 saturated carbocycles. The number of rotatable bonds is 2. The van der Waals surface area contributed by atoms with Crippen LogP contribution in [0.15, 0.2) is 24.3 Å². The zero-order valence-electron chi connectivity index (χ0n) is 11.1. The second-order valence-corrected chi connectivity index (χ2v) is 6.99. The van der Waals surface area contributed by atoms with Crippen molar-refractivity contribution in [3.8, 4) is 5.75 Å². The lowest BCUT2D eigenvalue weighted by Crippen LogP contribution is -2.56. The van der Waals surface area contributed by atoms with Gasteiger partial charge in [0.15, 0.2) is 11.6 Å². The predicted molar refractivity (Wildman–Crippen MR) is 78.3 cm³/mol. The van der Waals surface area contributed by atoms with E-state index in [0.29, 0.717) is 10.6 Å². The lowest BCUT2D eigenvalue weighted by Gasteiger charge is -2.53. The van der Waals surface area contributed by atoms with Crippen molar-refractivity contribution in [2.45, 2.75) is 55.9 Å². The smallest absolute Gasteiger partial charge is 0.165 e. The molecule has 0 aliphatic heterocycles. The van der Waals surface area contributed by atoms with Crippen molar-refractivity contribution in [3.05, 3.63) is 30.1 Å². The van der Waals surface area contributed by atoms with Crippen molar-refractivity contribution in [2.75, 3.05) is 0 Å². The van der Waals surface area contributed by atoms with Gasteiger partial charge >= 0.3 is 0 Å². The summed E-state index contributed by atoms with van der Waals surface area (Å²) >= 11 is 3.81. The Morgan fingerprint density at radius 2 is 1.79 bits per heavy atom. The Hall–Kier alpha value is -0.570. The monoisotopic (exact) mass is 326 g/mol. The molecule has 0 saturated heterocycles. The molecule has 104 valence electrons. The van der Waals surface area contributed by atoms with Gasteiger partial charge in [0, 0.05) is 10.2 Å². The fourth-order valence-corrected chi connectivity index (χ4v) is 4.67. The molecule has 1 aromatic carbocycles. The number of para-hydroxylation sites is 1. The highest BCUT2D eigenvalue weighted by Gasteiger charge is 2.55. The van der Waals surface area contributed by atoms with E-state index < -0.39 is 0 Å². The SMILES string of the molecule is Fc1ccccc1OC1CC(Br)C12CCCCCC2. The third kappa shape index (κ3) is 2.42. The fourth-order valence-electron chi connectivity index (χ4n) is 3.58. The van der Waals surface area contributed by atoms with E-state index in [1.54, 1.807) is 12.1 Å². The number of alkyl halides is 1.